The van der Waals surface area contributed by atoms with Crippen LogP contribution >= 0.6 is 0 Å². The molecule has 0 spiro atoms. The van der Waals surface area contributed by atoms with E-state index in [9.17, 15) is 30.3 Å². The zero-order chi connectivity index (χ0) is 39.5. The van der Waals surface area contributed by atoms with Gasteiger partial charge in [-0.15, -0.1) is 0 Å². The van der Waals surface area contributed by atoms with E-state index in [4.69, 9.17) is 9.47 Å². The summed E-state index contributed by atoms with van der Waals surface area (Å²) >= 11 is 0. The Labute approximate surface area is 328 Å². The highest BCUT2D eigenvalue weighted by atomic mass is 16.7. The van der Waals surface area contributed by atoms with E-state index in [1.807, 2.05) is 6.08 Å². The minimum absolute atomic E-state index is 0.207. The highest BCUT2D eigenvalue weighted by Gasteiger charge is 2.44. The smallest absolute Gasteiger partial charge is 0.220 e. The van der Waals surface area contributed by atoms with Crippen LogP contribution in [0.15, 0.2) is 72.9 Å². The first-order valence-corrected chi connectivity index (χ1v) is 21.2. The number of aliphatic hydroxyl groups excluding tert-OH is 5. The lowest BCUT2D eigenvalue weighted by Gasteiger charge is -2.40. The average molecular weight is 760 g/mol. The molecule has 1 aliphatic heterocycles. The van der Waals surface area contributed by atoms with Crippen LogP contribution in [-0.2, 0) is 14.3 Å². The molecule has 0 aromatic carbocycles. The van der Waals surface area contributed by atoms with Crippen molar-refractivity contribution in [3.63, 3.8) is 0 Å². The normalized spacial score (nSPS) is 22.2. The number of hydrogen-bond acceptors (Lipinski definition) is 8. The summed E-state index contributed by atoms with van der Waals surface area (Å²) in [5.74, 6) is -0.207. The maximum atomic E-state index is 12.9. The second kappa shape index (κ2) is 35.1. The van der Waals surface area contributed by atoms with E-state index in [2.05, 4.69) is 79.9 Å². The number of rotatable bonds is 33. The van der Waals surface area contributed by atoms with Crippen LogP contribution in [0, 0.1) is 0 Å². The molecule has 1 fully saturated rings. The monoisotopic (exact) mass is 760 g/mol. The molecule has 54 heavy (non-hydrogen) atoms. The molecule has 1 rings (SSSR count). The van der Waals surface area contributed by atoms with Crippen molar-refractivity contribution in [3.8, 4) is 0 Å². The lowest BCUT2D eigenvalue weighted by Crippen LogP contribution is -2.60. The molecule has 1 aliphatic rings. The molecule has 7 unspecified atom stereocenters. The quantitative estimate of drug-likeness (QED) is 0.0290. The van der Waals surface area contributed by atoms with E-state index in [1.165, 1.54) is 44.9 Å². The van der Waals surface area contributed by atoms with Crippen molar-refractivity contribution in [1.82, 2.24) is 5.32 Å². The molecule has 1 heterocycles. The highest BCUT2D eigenvalue weighted by molar-refractivity contribution is 5.76. The van der Waals surface area contributed by atoms with Gasteiger partial charge in [-0.3, -0.25) is 4.79 Å². The fraction of sp³-hybridized carbons (Fsp3) is 0.711. The molecule has 9 heteroatoms. The van der Waals surface area contributed by atoms with Gasteiger partial charge < -0.3 is 40.3 Å². The highest BCUT2D eigenvalue weighted by Crippen LogP contribution is 2.22. The molecule has 1 saturated heterocycles. The van der Waals surface area contributed by atoms with E-state index >= 15 is 0 Å². The number of amides is 1. The summed E-state index contributed by atoms with van der Waals surface area (Å²) in [5, 5.41) is 54.0. The summed E-state index contributed by atoms with van der Waals surface area (Å²) in [7, 11) is 0. The van der Waals surface area contributed by atoms with Gasteiger partial charge in [0.15, 0.2) is 6.29 Å². The predicted molar refractivity (Wildman–Crippen MR) is 221 cm³/mol. The van der Waals surface area contributed by atoms with Crippen molar-refractivity contribution >= 4 is 5.91 Å². The predicted octanol–water partition coefficient (Wildman–Crippen LogP) is 8.22. The number of aliphatic hydroxyl groups is 5. The maximum Gasteiger partial charge on any atom is 0.220 e. The topological polar surface area (TPSA) is 149 Å². The van der Waals surface area contributed by atoms with Crippen LogP contribution in [0.1, 0.15) is 149 Å². The first-order valence-electron chi connectivity index (χ1n) is 21.2. The van der Waals surface area contributed by atoms with Gasteiger partial charge in [-0.25, -0.2) is 0 Å². The number of hydrogen-bond donors (Lipinski definition) is 6. The number of carbonyl (C=O) groups is 1. The first kappa shape index (κ1) is 49.6. The fourth-order valence-electron chi connectivity index (χ4n) is 6.08. The van der Waals surface area contributed by atoms with Crippen LogP contribution in [0.2, 0.25) is 0 Å². The van der Waals surface area contributed by atoms with Crippen molar-refractivity contribution in [2.75, 3.05) is 13.2 Å². The minimum Gasteiger partial charge on any atom is -0.394 e. The SMILES string of the molecule is CC/C=C\C/C=C\C/C=C\CCCCCCCCCC(=O)NC(COC1OC(CO)C(O)C(O)C1O)C(O)/C=C/CC/C=C/CC/C=C/CCCCCC. The second-order valence-corrected chi connectivity index (χ2v) is 14.4. The number of allylic oxidation sites excluding steroid dienone is 11. The van der Waals surface area contributed by atoms with Crippen LogP contribution in [-0.4, -0.2) is 87.5 Å². The van der Waals surface area contributed by atoms with Gasteiger partial charge in [0.2, 0.25) is 5.91 Å². The number of unbranched alkanes of at least 4 members (excludes halogenated alkanes) is 13. The van der Waals surface area contributed by atoms with Gasteiger partial charge in [-0.1, -0.05) is 138 Å². The van der Waals surface area contributed by atoms with Gasteiger partial charge in [0, 0.05) is 6.42 Å². The zero-order valence-corrected chi connectivity index (χ0v) is 33.7. The van der Waals surface area contributed by atoms with Crippen LogP contribution in [0.5, 0.6) is 0 Å². The van der Waals surface area contributed by atoms with Crippen molar-refractivity contribution < 1.29 is 39.8 Å². The van der Waals surface area contributed by atoms with Gasteiger partial charge in [0.05, 0.1) is 25.4 Å². The van der Waals surface area contributed by atoms with E-state index in [0.717, 1.165) is 83.5 Å². The molecule has 7 atom stereocenters. The Kier molecular flexibility index (Phi) is 32.2. The number of carbonyl (C=O) groups excluding carboxylic acids is 1. The average Bonchev–Trinajstić information content (AvgIpc) is 3.17. The molecule has 310 valence electrons. The number of nitrogens with one attached hydrogen (secondary N) is 1. The third-order valence-electron chi connectivity index (χ3n) is 9.49. The molecule has 0 saturated carbocycles. The summed E-state index contributed by atoms with van der Waals surface area (Å²) < 4.78 is 11.2. The lowest BCUT2D eigenvalue weighted by molar-refractivity contribution is -0.302. The summed E-state index contributed by atoms with van der Waals surface area (Å²) in [6.45, 7) is 3.58. The Morgan fingerprint density at radius 3 is 1.78 bits per heavy atom. The van der Waals surface area contributed by atoms with Crippen molar-refractivity contribution in [3.05, 3.63) is 72.9 Å². The third-order valence-corrected chi connectivity index (χ3v) is 9.49. The van der Waals surface area contributed by atoms with Crippen LogP contribution in [0.3, 0.4) is 0 Å². The number of ether oxygens (including phenoxy) is 2. The fourth-order valence-corrected chi connectivity index (χ4v) is 6.08. The van der Waals surface area contributed by atoms with Crippen LogP contribution in [0.4, 0.5) is 0 Å². The zero-order valence-electron chi connectivity index (χ0n) is 33.7. The molecular formula is C45H77NO8. The summed E-state index contributed by atoms with van der Waals surface area (Å²) in [5.41, 5.74) is 0. The molecule has 9 nitrogen and oxygen atoms in total. The Morgan fingerprint density at radius 2 is 1.17 bits per heavy atom. The standard InChI is InChI=1S/C45H77NO8/c1-3-5-7-9-11-13-15-17-19-20-21-23-25-27-29-31-33-35-41(49)46-38(37-53-45-44(52)43(51)42(50)40(36-47)54-45)39(48)34-32-30-28-26-24-22-18-16-14-12-10-8-6-4-2/h5,7,11,13-14,16-17,19,24,26,32,34,38-40,42-45,47-48,50-52H,3-4,6,8-10,12,15,18,20-23,25,27-31,33,35-37H2,1-2H3,(H,46,49)/b7-5-,13-11-,16-14+,19-17-,26-24+,34-32+. The minimum atomic E-state index is -1.58. The first-order chi connectivity index (χ1) is 26.3. The van der Waals surface area contributed by atoms with E-state index in [0.29, 0.717) is 6.42 Å². The van der Waals surface area contributed by atoms with E-state index in [1.54, 1.807) is 6.08 Å². The van der Waals surface area contributed by atoms with Crippen molar-refractivity contribution in [1.29, 1.82) is 0 Å². The molecule has 0 radical (unpaired) electrons. The molecule has 0 bridgehead atoms. The van der Waals surface area contributed by atoms with Gasteiger partial charge in [0.25, 0.3) is 0 Å². The Bertz CT molecular complexity index is 1070. The molecule has 0 aromatic rings. The third kappa shape index (κ3) is 25.7. The van der Waals surface area contributed by atoms with Gasteiger partial charge in [0.1, 0.15) is 24.4 Å². The second-order valence-electron chi connectivity index (χ2n) is 14.4. The summed E-state index contributed by atoms with van der Waals surface area (Å²) in [6, 6.07) is -0.835. The van der Waals surface area contributed by atoms with E-state index in [-0.39, 0.29) is 12.5 Å². The molecule has 0 aromatic heterocycles. The lowest BCUT2D eigenvalue weighted by atomic mass is 9.99. The van der Waals surface area contributed by atoms with Crippen LogP contribution < -0.4 is 5.32 Å². The summed E-state index contributed by atoms with van der Waals surface area (Å²) in [4.78, 5) is 12.9. The van der Waals surface area contributed by atoms with Crippen LogP contribution in [0.25, 0.3) is 0 Å². The van der Waals surface area contributed by atoms with Gasteiger partial charge >= 0.3 is 0 Å². The Hall–Kier alpha value is -2.37. The van der Waals surface area contributed by atoms with Crippen molar-refractivity contribution in [2.24, 2.45) is 0 Å². The van der Waals surface area contributed by atoms with Crippen molar-refractivity contribution in [2.45, 2.75) is 192 Å². The Balaban J connectivity index is 2.45. The maximum absolute atomic E-state index is 12.9. The molecule has 6 N–H and O–H groups in total. The van der Waals surface area contributed by atoms with Gasteiger partial charge in [-0.2, -0.15) is 0 Å². The summed E-state index contributed by atoms with van der Waals surface area (Å²) in [6.07, 6.45) is 39.4. The molecule has 1 amide bonds. The van der Waals surface area contributed by atoms with E-state index < -0.39 is 49.5 Å². The Morgan fingerprint density at radius 1 is 0.648 bits per heavy atom. The molecular weight excluding hydrogens is 682 g/mol. The molecule has 0 aliphatic carbocycles. The largest absolute Gasteiger partial charge is 0.394 e. The van der Waals surface area contributed by atoms with Gasteiger partial charge in [-0.05, 0) is 77.0 Å².